The van der Waals surface area contributed by atoms with Crippen LogP contribution < -0.4 is 0 Å². The third kappa shape index (κ3) is 2.04. The zero-order valence-corrected chi connectivity index (χ0v) is 9.12. The predicted molar refractivity (Wildman–Crippen MR) is 58.4 cm³/mol. The van der Waals surface area contributed by atoms with Crippen LogP contribution in [-0.4, -0.2) is 25.0 Å². The maximum atomic E-state index is 9.46. The Bertz CT molecular complexity index is 485. The van der Waals surface area contributed by atoms with Gasteiger partial charge in [-0.25, -0.2) is 19.9 Å². The Hall–Kier alpha value is -1.88. The lowest BCUT2D eigenvalue weighted by Crippen LogP contribution is -2.01. The van der Waals surface area contributed by atoms with Gasteiger partial charge < -0.3 is 5.11 Å². The van der Waals surface area contributed by atoms with Crippen LogP contribution in [0.2, 0.25) is 0 Å². The van der Waals surface area contributed by atoms with E-state index in [1.54, 1.807) is 25.4 Å². The molecule has 5 heteroatoms. The molecule has 0 spiro atoms. The van der Waals surface area contributed by atoms with E-state index in [4.69, 9.17) is 0 Å². The van der Waals surface area contributed by atoms with Crippen LogP contribution in [0.4, 0.5) is 0 Å². The van der Waals surface area contributed by atoms with Crippen LogP contribution in [0, 0.1) is 6.92 Å². The third-order valence-electron chi connectivity index (χ3n) is 2.28. The van der Waals surface area contributed by atoms with Gasteiger partial charge in [0.05, 0.1) is 6.10 Å². The van der Waals surface area contributed by atoms with Crippen LogP contribution in [0.5, 0.6) is 0 Å². The molecule has 0 aromatic carbocycles. The fourth-order valence-corrected chi connectivity index (χ4v) is 1.43. The lowest BCUT2D eigenvalue weighted by molar-refractivity contribution is 0.197. The van der Waals surface area contributed by atoms with Crippen LogP contribution in [0.15, 0.2) is 24.8 Å². The Morgan fingerprint density at radius 3 is 2.69 bits per heavy atom. The van der Waals surface area contributed by atoms with Gasteiger partial charge in [-0.15, -0.1) is 0 Å². The summed E-state index contributed by atoms with van der Waals surface area (Å²) in [5.41, 5.74) is 2.17. The first-order valence-electron chi connectivity index (χ1n) is 4.96. The number of aromatic nitrogens is 4. The van der Waals surface area contributed by atoms with E-state index in [1.807, 2.05) is 6.92 Å². The molecule has 0 amide bonds. The van der Waals surface area contributed by atoms with Crippen molar-refractivity contribution in [1.29, 1.82) is 0 Å². The first-order chi connectivity index (χ1) is 7.68. The predicted octanol–water partition coefficient (Wildman–Crippen LogP) is 1.30. The second-order valence-electron chi connectivity index (χ2n) is 3.50. The molecular formula is C11H12N4O. The van der Waals surface area contributed by atoms with E-state index in [9.17, 15) is 5.11 Å². The second kappa shape index (κ2) is 4.32. The van der Waals surface area contributed by atoms with Gasteiger partial charge in [0.25, 0.3) is 0 Å². The Balaban J connectivity index is 2.43. The Morgan fingerprint density at radius 2 is 2.12 bits per heavy atom. The molecule has 2 heterocycles. The monoisotopic (exact) mass is 216 g/mol. The lowest BCUT2D eigenvalue weighted by atomic mass is 10.1. The van der Waals surface area contributed by atoms with Gasteiger partial charge in [-0.3, -0.25) is 0 Å². The maximum Gasteiger partial charge on any atom is 0.178 e. The van der Waals surface area contributed by atoms with Gasteiger partial charge in [0.1, 0.15) is 12.0 Å². The Labute approximate surface area is 93.3 Å². The summed E-state index contributed by atoms with van der Waals surface area (Å²) in [6, 6.07) is 1.75. The molecule has 1 atom stereocenters. The van der Waals surface area contributed by atoms with Crippen molar-refractivity contribution in [2.24, 2.45) is 0 Å². The maximum absolute atomic E-state index is 9.46. The quantitative estimate of drug-likeness (QED) is 0.819. The molecule has 0 radical (unpaired) electrons. The molecule has 0 saturated carbocycles. The minimum absolute atomic E-state index is 0.546. The number of aryl methyl sites for hydroxylation is 1. The molecule has 0 fully saturated rings. The number of hydrogen-bond donors (Lipinski definition) is 1. The normalized spacial score (nSPS) is 12.4. The van der Waals surface area contributed by atoms with Crippen molar-refractivity contribution in [2.75, 3.05) is 0 Å². The molecule has 0 saturated heterocycles. The van der Waals surface area contributed by atoms with E-state index in [1.165, 1.54) is 6.33 Å². The highest BCUT2D eigenvalue weighted by atomic mass is 16.3. The standard InChI is InChI=1S/C11H12N4O/c1-7-9(8(2)16)5-13-11(15-7)10-3-4-12-6-14-10/h3-6,8,16H,1-2H3. The van der Waals surface area contributed by atoms with Crippen molar-refractivity contribution in [2.45, 2.75) is 20.0 Å². The molecule has 2 aromatic heterocycles. The van der Waals surface area contributed by atoms with Gasteiger partial charge >= 0.3 is 0 Å². The van der Waals surface area contributed by atoms with Gasteiger partial charge in [0.2, 0.25) is 0 Å². The highest BCUT2D eigenvalue weighted by Gasteiger charge is 2.09. The average molecular weight is 216 g/mol. The van der Waals surface area contributed by atoms with Crippen molar-refractivity contribution in [3.8, 4) is 11.5 Å². The lowest BCUT2D eigenvalue weighted by Gasteiger charge is -2.08. The smallest absolute Gasteiger partial charge is 0.178 e. The molecule has 5 nitrogen and oxygen atoms in total. The van der Waals surface area contributed by atoms with Gasteiger partial charge in [0.15, 0.2) is 5.82 Å². The van der Waals surface area contributed by atoms with Gasteiger partial charge in [-0.2, -0.15) is 0 Å². The van der Waals surface area contributed by atoms with E-state index in [0.29, 0.717) is 11.5 Å². The van der Waals surface area contributed by atoms with Crippen LogP contribution in [0.1, 0.15) is 24.3 Å². The minimum Gasteiger partial charge on any atom is -0.389 e. The van der Waals surface area contributed by atoms with Crippen molar-refractivity contribution < 1.29 is 5.11 Å². The van der Waals surface area contributed by atoms with Crippen molar-refractivity contribution in [3.63, 3.8) is 0 Å². The fraction of sp³-hybridized carbons (Fsp3) is 0.273. The molecule has 82 valence electrons. The van der Waals surface area contributed by atoms with E-state index in [-0.39, 0.29) is 0 Å². The molecule has 0 aliphatic rings. The van der Waals surface area contributed by atoms with Crippen molar-refractivity contribution in [1.82, 2.24) is 19.9 Å². The average Bonchev–Trinajstić information content (AvgIpc) is 2.29. The van der Waals surface area contributed by atoms with Gasteiger partial charge in [-0.05, 0) is 19.9 Å². The third-order valence-corrected chi connectivity index (χ3v) is 2.28. The highest BCUT2D eigenvalue weighted by Crippen LogP contribution is 2.17. The highest BCUT2D eigenvalue weighted by molar-refractivity contribution is 5.48. The molecule has 0 aliphatic heterocycles. The van der Waals surface area contributed by atoms with Gasteiger partial charge in [-0.1, -0.05) is 0 Å². The van der Waals surface area contributed by atoms with Crippen molar-refractivity contribution in [3.05, 3.63) is 36.0 Å². The Kier molecular flexibility index (Phi) is 2.87. The number of aliphatic hydroxyl groups excluding tert-OH is 1. The molecule has 0 aliphatic carbocycles. The summed E-state index contributed by atoms with van der Waals surface area (Å²) >= 11 is 0. The van der Waals surface area contributed by atoms with Crippen LogP contribution in [0.3, 0.4) is 0 Å². The summed E-state index contributed by atoms with van der Waals surface area (Å²) in [6.07, 6.45) is 4.17. The van der Waals surface area contributed by atoms with E-state index in [2.05, 4.69) is 19.9 Å². The zero-order valence-electron chi connectivity index (χ0n) is 9.12. The molecule has 0 bridgehead atoms. The summed E-state index contributed by atoms with van der Waals surface area (Å²) < 4.78 is 0. The van der Waals surface area contributed by atoms with E-state index >= 15 is 0 Å². The van der Waals surface area contributed by atoms with E-state index < -0.39 is 6.10 Å². The summed E-state index contributed by atoms with van der Waals surface area (Å²) in [5.74, 6) is 0.546. The number of hydrogen-bond acceptors (Lipinski definition) is 5. The topological polar surface area (TPSA) is 71.8 Å². The summed E-state index contributed by atoms with van der Waals surface area (Å²) in [5, 5.41) is 9.46. The van der Waals surface area contributed by atoms with E-state index in [0.717, 1.165) is 11.3 Å². The second-order valence-corrected chi connectivity index (χ2v) is 3.50. The van der Waals surface area contributed by atoms with Crippen molar-refractivity contribution >= 4 is 0 Å². The minimum atomic E-state index is -0.556. The van der Waals surface area contributed by atoms with Crippen LogP contribution in [-0.2, 0) is 0 Å². The summed E-state index contributed by atoms with van der Waals surface area (Å²) in [7, 11) is 0. The van der Waals surface area contributed by atoms with Gasteiger partial charge in [0, 0.05) is 23.7 Å². The molecule has 16 heavy (non-hydrogen) atoms. The first-order valence-corrected chi connectivity index (χ1v) is 4.96. The first kappa shape index (κ1) is 10.6. The molecule has 2 aromatic rings. The zero-order chi connectivity index (χ0) is 11.5. The molecule has 1 unspecified atom stereocenters. The summed E-state index contributed by atoms with van der Waals surface area (Å²) in [6.45, 7) is 3.53. The number of nitrogens with zero attached hydrogens (tertiary/aromatic N) is 4. The van der Waals surface area contributed by atoms with Crippen LogP contribution in [0.25, 0.3) is 11.5 Å². The number of rotatable bonds is 2. The number of aliphatic hydroxyl groups is 1. The fourth-order valence-electron chi connectivity index (χ4n) is 1.43. The SMILES string of the molecule is Cc1nc(-c2ccncn2)ncc1C(C)O. The molecule has 1 N–H and O–H groups in total. The Morgan fingerprint density at radius 1 is 1.31 bits per heavy atom. The summed E-state index contributed by atoms with van der Waals surface area (Å²) in [4.78, 5) is 16.4. The molecule has 2 rings (SSSR count). The largest absolute Gasteiger partial charge is 0.389 e. The van der Waals surface area contributed by atoms with Crippen LogP contribution >= 0.6 is 0 Å². The molecular weight excluding hydrogens is 204 g/mol.